The second kappa shape index (κ2) is 6.85. The van der Waals surface area contributed by atoms with Crippen molar-refractivity contribution in [3.05, 3.63) is 60.2 Å². The summed E-state index contributed by atoms with van der Waals surface area (Å²) in [4.78, 5) is 12.3. The van der Waals surface area contributed by atoms with Gasteiger partial charge in [-0.25, -0.2) is 8.42 Å². The number of rotatable bonds is 6. The molecule has 0 aliphatic rings. The molecule has 0 saturated carbocycles. The van der Waals surface area contributed by atoms with E-state index in [1.807, 2.05) is 30.3 Å². The van der Waals surface area contributed by atoms with E-state index in [9.17, 15) is 18.3 Å². The van der Waals surface area contributed by atoms with E-state index < -0.39 is 27.5 Å². The topological polar surface area (TPSA) is 71.4 Å². The first kappa shape index (κ1) is 16.4. The van der Waals surface area contributed by atoms with Crippen LogP contribution in [0.2, 0.25) is 0 Å². The van der Waals surface area contributed by atoms with Crippen LogP contribution in [0, 0.1) is 0 Å². The second-order valence-electron chi connectivity index (χ2n) is 4.93. The number of aliphatic hydroxyl groups excluding tert-OH is 1. The van der Waals surface area contributed by atoms with E-state index in [4.69, 9.17) is 0 Å². The van der Waals surface area contributed by atoms with Gasteiger partial charge in [0.1, 0.15) is 5.25 Å². The number of carbonyl (C=O) groups excluding carboxylic acids is 1. The van der Waals surface area contributed by atoms with Crippen LogP contribution in [0.4, 0.5) is 0 Å². The fraction of sp³-hybridized carbons (Fsp3) is 0.235. The molecule has 22 heavy (non-hydrogen) atoms. The van der Waals surface area contributed by atoms with E-state index in [0.717, 1.165) is 11.1 Å². The molecule has 5 heteroatoms. The van der Waals surface area contributed by atoms with E-state index in [1.165, 1.54) is 6.92 Å². The Morgan fingerprint density at radius 1 is 1.00 bits per heavy atom. The second-order valence-corrected chi connectivity index (χ2v) is 7.40. The average molecular weight is 318 g/mol. The van der Waals surface area contributed by atoms with Crippen molar-refractivity contribution < 1.29 is 18.3 Å². The van der Waals surface area contributed by atoms with Gasteiger partial charge in [-0.1, -0.05) is 61.5 Å². The average Bonchev–Trinajstić information content (AvgIpc) is 2.56. The highest BCUT2D eigenvalue weighted by Crippen LogP contribution is 2.20. The molecule has 0 aliphatic carbocycles. The van der Waals surface area contributed by atoms with Crippen LogP contribution in [0.1, 0.15) is 17.3 Å². The van der Waals surface area contributed by atoms with Crippen molar-refractivity contribution in [3.63, 3.8) is 0 Å². The molecule has 0 aromatic heterocycles. The van der Waals surface area contributed by atoms with Gasteiger partial charge in [0.15, 0.2) is 15.6 Å². The van der Waals surface area contributed by atoms with E-state index in [0.29, 0.717) is 0 Å². The number of benzene rings is 2. The minimum atomic E-state index is -3.62. The van der Waals surface area contributed by atoms with Crippen LogP contribution in [-0.4, -0.2) is 36.9 Å². The lowest BCUT2D eigenvalue weighted by Gasteiger charge is -2.13. The number of aliphatic hydroxyl groups is 1. The number of sulfone groups is 1. The molecule has 0 fully saturated rings. The van der Waals surface area contributed by atoms with Crippen LogP contribution >= 0.6 is 0 Å². The van der Waals surface area contributed by atoms with Gasteiger partial charge in [-0.2, -0.15) is 0 Å². The Morgan fingerprint density at radius 3 is 2.05 bits per heavy atom. The third kappa shape index (κ3) is 3.43. The van der Waals surface area contributed by atoms with Crippen LogP contribution in [0.25, 0.3) is 11.1 Å². The number of Topliss-reactive ketones (excluding diaryl/α,β-unsaturated/α-hetero) is 1. The molecular formula is C17H18O4S. The fourth-order valence-electron chi connectivity index (χ4n) is 2.20. The molecule has 0 heterocycles. The van der Waals surface area contributed by atoms with Crippen LogP contribution in [0.3, 0.4) is 0 Å². The summed E-state index contributed by atoms with van der Waals surface area (Å²) in [5, 5.41) is 7.87. The number of ketones is 1. The highest BCUT2D eigenvalue weighted by Gasteiger charge is 2.31. The van der Waals surface area contributed by atoms with Crippen molar-refractivity contribution in [1.82, 2.24) is 0 Å². The fourth-order valence-corrected chi connectivity index (χ4v) is 3.30. The van der Waals surface area contributed by atoms with Crippen LogP contribution in [0.15, 0.2) is 54.6 Å². The highest BCUT2D eigenvalue weighted by molar-refractivity contribution is 7.92. The summed E-state index contributed by atoms with van der Waals surface area (Å²) < 4.78 is 23.7. The first-order valence-corrected chi connectivity index (χ1v) is 8.73. The van der Waals surface area contributed by atoms with Gasteiger partial charge < -0.3 is 5.11 Å². The predicted molar refractivity (Wildman–Crippen MR) is 86.5 cm³/mol. The number of carbonyl (C=O) groups is 1. The van der Waals surface area contributed by atoms with Gasteiger partial charge in [0.05, 0.1) is 6.61 Å². The molecule has 0 bridgehead atoms. The first-order chi connectivity index (χ1) is 10.5. The van der Waals surface area contributed by atoms with Crippen molar-refractivity contribution in [2.24, 2.45) is 0 Å². The summed E-state index contributed by atoms with van der Waals surface area (Å²) in [5.74, 6) is -0.740. The van der Waals surface area contributed by atoms with E-state index >= 15 is 0 Å². The Hall–Kier alpha value is -1.98. The molecule has 1 N–H and O–H groups in total. The molecule has 0 spiro atoms. The molecule has 1 unspecified atom stereocenters. The van der Waals surface area contributed by atoms with Gasteiger partial charge in [-0.3, -0.25) is 4.79 Å². The molecule has 0 radical (unpaired) electrons. The third-order valence-corrected chi connectivity index (χ3v) is 5.61. The van der Waals surface area contributed by atoms with E-state index in [-0.39, 0.29) is 11.3 Å². The summed E-state index contributed by atoms with van der Waals surface area (Å²) in [6.45, 7) is 0.763. The summed E-state index contributed by atoms with van der Waals surface area (Å²) in [6.07, 6.45) is 0. The standard InChI is InChI=1S/C17H18O4S/c1-2-22(20,21)16(12-18)17(19)15-10-8-14(9-11-15)13-6-4-3-5-7-13/h3-11,16,18H,2,12H2,1H3. The zero-order valence-corrected chi connectivity index (χ0v) is 13.1. The van der Waals surface area contributed by atoms with Gasteiger partial charge in [-0.05, 0) is 11.1 Å². The molecule has 0 saturated heterocycles. The van der Waals surface area contributed by atoms with Gasteiger partial charge in [0, 0.05) is 11.3 Å². The Kier molecular flexibility index (Phi) is 5.11. The molecular weight excluding hydrogens is 300 g/mol. The van der Waals surface area contributed by atoms with Crippen LogP contribution < -0.4 is 0 Å². The van der Waals surface area contributed by atoms with Crippen LogP contribution in [-0.2, 0) is 9.84 Å². The summed E-state index contributed by atoms with van der Waals surface area (Å²) in [7, 11) is -3.62. The van der Waals surface area contributed by atoms with Crippen molar-refractivity contribution >= 4 is 15.6 Å². The van der Waals surface area contributed by atoms with E-state index in [1.54, 1.807) is 24.3 Å². The highest BCUT2D eigenvalue weighted by atomic mass is 32.2. The zero-order chi connectivity index (χ0) is 16.2. The Labute approximate surface area is 130 Å². The minimum Gasteiger partial charge on any atom is -0.395 e. The molecule has 1 atom stereocenters. The maximum atomic E-state index is 12.3. The Morgan fingerprint density at radius 2 is 1.55 bits per heavy atom. The molecule has 2 aromatic rings. The molecule has 0 aliphatic heterocycles. The minimum absolute atomic E-state index is 0.175. The van der Waals surface area contributed by atoms with Crippen LogP contribution in [0.5, 0.6) is 0 Å². The lowest BCUT2D eigenvalue weighted by Crippen LogP contribution is -2.35. The Balaban J connectivity index is 2.29. The van der Waals surface area contributed by atoms with E-state index in [2.05, 4.69) is 0 Å². The van der Waals surface area contributed by atoms with Crippen molar-refractivity contribution in [2.45, 2.75) is 12.2 Å². The first-order valence-electron chi connectivity index (χ1n) is 7.01. The summed E-state index contributed by atoms with van der Waals surface area (Å²) >= 11 is 0. The quantitative estimate of drug-likeness (QED) is 0.830. The van der Waals surface area contributed by atoms with Gasteiger partial charge >= 0.3 is 0 Å². The van der Waals surface area contributed by atoms with Crippen molar-refractivity contribution in [3.8, 4) is 11.1 Å². The maximum absolute atomic E-state index is 12.3. The molecule has 0 amide bonds. The number of hydrogen-bond donors (Lipinski definition) is 1. The van der Waals surface area contributed by atoms with Crippen molar-refractivity contribution in [1.29, 1.82) is 0 Å². The zero-order valence-electron chi connectivity index (χ0n) is 12.3. The lowest BCUT2D eigenvalue weighted by atomic mass is 10.0. The number of hydrogen-bond acceptors (Lipinski definition) is 4. The normalized spacial score (nSPS) is 12.8. The van der Waals surface area contributed by atoms with Gasteiger partial charge in [0.25, 0.3) is 0 Å². The lowest BCUT2D eigenvalue weighted by molar-refractivity contribution is 0.0961. The summed E-state index contributed by atoms with van der Waals surface area (Å²) in [5.41, 5.74) is 2.24. The smallest absolute Gasteiger partial charge is 0.183 e. The molecule has 4 nitrogen and oxygen atoms in total. The van der Waals surface area contributed by atoms with Crippen molar-refractivity contribution in [2.75, 3.05) is 12.4 Å². The third-order valence-electron chi connectivity index (χ3n) is 3.57. The largest absolute Gasteiger partial charge is 0.395 e. The van der Waals surface area contributed by atoms with Gasteiger partial charge in [-0.15, -0.1) is 0 Å². The Bertz CT molecular complexity index is 734. The maximum Gasteiger partial charge on any atom is 0.183 e. The summed E-state index contributed by atoms with van der Waals surface area (Å²) in [6, 6.07) is 16.4. The monoisotopic (exact) mass is 318 g/mol. The molecule has 116 valence electrons. The molecule has 2 rings (SSSR count). The SMILES string of the molecule is CCS(=O)(=O)C(CO)C(=O)c1ccc(-c2ccccc2)cc1. The van der Waals surface area contributed by atoms with Gasteiger partial charge in [0.2, 0.25) is 0 Å². The predicted octanol–water partition coefficient (Wildman–Crippen LogP) is 2.33. The molecule has 2 aromatic carbocycles.